The van der Waals surface area contributed by atoms with E-state index in [9.17, 15) is 14.0 Å². The zero-order chi connectivity index (χ0) is 23.7. The Hall–Kier alpha value is -2.27. The molecule has 2 amide bonds. The second kappa shape index (κ2) is 17.8. The normalized spacial score (nSPS) is 9.31. The number of benzene rings is 1. The maximum atomic E-state index is 14.0. The van der Waals surface area contributed by atoms with Gasteiger partial charge in [0.2, 0.25) is 5.91 Å². The molecular formula is C23H36ClFN2O2. The molecule has 0 fully saturated rings. The molecule has 0 N–H and O–H groups in total. The minimum absolute atomic E-state index is 0.0445. The van der Waals surface area contributed by atoms with Gasteiger partial charge >= 0.3 is 0 Å². The molecule has 0 saturated heterocycles. The Morgan fingerprint density at radius 1 is 1.03 bits per heavy atom. The lowest BCUT2D eigenvalue weighted by Crippen LogP contribution is -2.41. The smallest absolute Gasteiger partial charge is 0.270 e. The van der Waals surface area contributed by atoms with Gasteiger partial charge in [0.15, 0.2) is 0 Å². The van der Waals surface area contributed by atoms with Crippen molar-refractivity contribution in [2.75, 3.05) is 0 Å². The topological polar surface area (TPSA) is 49.7 Å². The predicted octanol–water partition coefficient (Wildman–Crippen LogP) is 7.44. The first kappa shape index (κ1) is 31.4. The fourth-order valence-corrected chi connectivity index (χ4v) is 2.00. The molecule has 0 unspecified atom stereocenters. The molecule has 0 atom stereocenters. The Morgan fingerprint density at radius 2 is 1.52 bits per heavy atom. The highest BCUT2D eigenvalue weighted by molar-refractivity contribution is 6.35. The maximum absolute atomic E-state index is 14.0. The molecule has 0 aromatic heterocycles. The van der Waals surface area contributed by atoms with Crippen LogP contribution in [0.25, 0.3) is 0 Å². The van der Waals surface area contributed by atoms with E-state index in [1.54, 1.807) is 6.92 Å². The van der Waals surface area contributed by atoms with Crippen molar-refractivity contribution in [3.63, 3.8) is 0 Å². The van der Waals surface area contributed by atoms with Crippen LogP contribution >= 0.6 is 11.6 Å². The number of amidine groups is 1. The highest BCUT2D eigenvalue weighted by atomic mass is 35.5. The zero-order valence-electron chi connectivity index (χ0n) is 19.5. The molecule has 0 aliphatic heterocycles. The van der Waals surface area contributed by atoms with Gasteiger partial charge in [0, 0.05) is 13.1 Å². The average Bonchev–Trinajstić information content (AvgIpc) is 2.68. The Labute approximate surface area is 181 Å². The molecule has 1 aromatic carbocycles. The number of rotatable bonds is 3. The fraction of sp³-hybridized carbons (Fsp3) is 0.435. The summed E-state index contributed by atoms with van der Waals surface area (Å²) in [6.07, 6.45) is 1.50. The standard InChI is InChI=1S/C17H18ClFN2O2.3C2H6/c1-10(2)9-20-16(11(3)4)21(12(5)22)17(23)15-13(18)7-6-8-14(15)19;3*1-2/h6-9H,3H2,1-2,4-5H3;3*1-2H3. The van der Waals surface area contributed by atoms with Crippen LogP contribution in [0.1, 0.15) is 79.6 Å². The average molecular weight is 427 g/mol. The van der Waals surface area contributed by atoms with E-state index >= 15 is 0 Å². The van der Waals surface area contributed by atoms with Gasteiger partial charge in [0.25, 0.3) is 5.91 Å². The molecule has 1 rings (SSSR count). The number of allylic oxidation sites excluding steroid dienone is 1. The van der Waals surface area contributed by atoms with Crippen LogP contribution in [0.4, 0.5) is 4.39 Å². The van der Waals surface area contributed by atoms with Crippen LogP contribution in [0.15, 0.2) is 47.1 Å². The number of aliphatic imine (C=N–C) groups is 1. The van der Waals surface area contributed by atoms with Gasteiger partial charge in [-0.1, -0.05) is 71.4 Å². The summed E-state index contributed by atoms with van der Waals surface area (Å²) >= 11 is 5.91. The van der Waals surface area contributed by atoms with Gasteiger partial charge in [0.1, 0.15) is 11.7 Å². The van der Waals surface area contributed by atoms with Gasteiger partial charge in [-0.2, -0.15) is 0 Å². The van der Waals surface area contributed by atoms with Crippen molar-refractivity contribution in [3.05, 3.63) is 58.5 Å². The summed E-state index contributed by atoms with van der Waals surface area (Å²) in [5.74, 6) is -2.26. The third kappa shape index (κ3) is 10.7. The van der Waals surface area contributed by atoms with Crippen LogP contribution in [0.2, 0.25) is 5.02 Å². The molecule has 164 valence electrons. The summed E-state index contributed by atoms with van der Waals surface area (Å²) in [4.78, 5) is 29.5. The number of carbonyl (C=O) groups excluding carboxylic acids is 2. The van der Waals surface area contributed by atoms with Crippen molar-refractivity contribution in [2.24, 2.45) is 4.99 Å². The molecule has 4 nitrogen and oxygen atoms in total. The minimum atomic E-state index is -0.885. The number of hydrogen-bond acceptors (Lipinski definition) is 3. The van der Waals surface area contributed by atoms with E-state index in [0.717, 1.165) is 16.5 Å². The van der Waals surface area contributed by atoms with Gasteiger partial charge < -0.3 is 0 Å². The molecular weight excluding hydrogens is 391 g/mol. The molecule has 0 aliphatic rings. The first-order valence-electron chi connectivity index (χ1n) is 9.83. The van der Waals surface area contributed by atoms with E-state index in [1.165, 1.54) is 25.3 Å². The highest BCUT2D eigenvalue weighted by Crippen LogP contribution is 2.22. The second-order valence-electron chi connectivity index (χ2n) is 5.20. The molecule has 6 heteroatoms. The number of carbonyl (C=O) groups is 2. The lowest BCUT2D eigenvalue weighted by atomic mass is 10.1. The fourth-order valence-electron chi connectivity index (χ4n) is 1.75. The lowest BCUT2D eigenvalue weighted by Gasteiger charge is -2.21. The molecule has 0 saturated carbocycles. The Kier molecular flexibility index (Phi) is 19.3. The lowest BCUT2D eigenvalue weighted by molar-refractivity contribution is -0.123. The van der Waals surface area contributed by atoms with Gasteiger partial charge in [0.05, 0.1) is 10.6 Å². The van der Waals surface area contributed by atoms with Crippen molar-refractivity contribution in [1.29, 1.82) is 0 Å². The monoisotopic (exact) mass is 426 g/mol. The largest absolute Gasteiger partial charge is 0.274 e. The van der Waals surface area contributed by atoms with Crippen LogP contribution < -0.4 is 0 Å². The van der Waals surface area contributed by atoms with E-state index in [4.69, 9.17) is 11.6 Å². The molecule has 0 aliphatic carbocycles. The quantitative estimate of drug-likeness (QED) is 0.372. The first-order chi connectivity index (χ1) is 13.7. The first-order valence-corrected chi connectivity index (χ1v) is 10.2. The second-order valence-corrected chi connectivity index (χ2v) is 5.60. The molecule has 0 radical (unpaired) electrons. The summed E-state index contributed by atoms with van der Waals surface area (Å²) in [5.41, 5.74) is 0.873. The highest BCUT2D eigenvalue weighted by Gasteiger charge is 2.29. The van der Waals surface area contributed by atoms with Gasteiger partial charge in [-0.15, -0.1) is 0 Å². The molecule has 29 heavy (non-hydrogen) atoms. The molecule has 0 bridgehead atoms. The van der Waals surface area contributed by atoms with Gasteiger partial charge in [-0.25, -0.2) is 14.3 Å². The number of imide groups is 1. The number of halogens is 2. The number of amides is 2. The van der Waals surface area contributed by atoms with E-state index in [0.29, 0.717) is 5.57 Å². The van der Waals surface area contributed by atoms with Crippen LogP contribution in [-0.2, 0) is 4.79 Å². The maximum Gasteiger partial charge on any atom is 0.270 e. The predicted molar refractivity (Wildman–Crippen MR) is 124 cm³/mol. The van der Waals surface area contributed by atoms with Crippen LogP contribution in [0.5, 0.6) is 0 Å². The molecule has 1 aromatic rings. The van der Waals surface area contributed by atoms with Crippen molar-refractivity contribution < 1.29 is 14.0 Å². The summed E-state index contributed by atoms with van der Waals surface area (Å²) in [7, 11) is 0. The van der Waals surface area contributed by atoms with Crippen LogP contribution in [0, 0.1) is 5.82 Å². The molecule has 0 spiro atoms. The Bertz CT molecular complexity index is 701. The van der Waals surface area contributed by atoms with Crippen molar-refractivity contribution in [2.45, 2.75) is 69.2 Å². The van der Waals surface area contributed by atoms with E-state index in [2.05, 4.69) is 11.6 Å². The summed E-state index contributed by atoms with van der Waals surface area (Å²) in [6.45, 7) is 22.1. The SMILES string of the molecule is C=C(C)C(=NC=C(C)C)N(C(C)=O)C(=O)c1c(F)cccc1Cl.CC.CC.CC. The zero-order valence-corrected chi connectivity index (χ0v) is 20.2. The minimum Gasteiger partial charge on any atom is -0.274 e. The summed E-state index contributed by atoms with van der Waals surface area (Å²) in [6, 6.07) is 3.86. The Balaban J connectivity index is -0.00000103. The summed E-state index contributed by atoms with van der Waals surface area (Å²) in [5, 5.41) is -0.0791. The van der Waals surface area contributed by atoms with Gasteiger partial charge in [-0.05, 0) is 38.5 Å². The number of nitrogens with zero attached hydrogens (tertiary/aromatic N) is 2. The number of hydrogen-bond donors (Lipinski definition) is 0. The van der Waals surface area contributed by atoms with Crippen molar-refractivity contribution in [1.82, 2.24) is 4.90 Å². The molecule has 0 heterocycles. The van der Waals surface area contributed by atoms with Crippen molar-refractivity contribution in [3.8, 4) is 0 Å². The van der Waals surface area contributed by atoms with E-state index < -0.39 is 17.6 Å². The summed E-state index contributed by atoms with van der Waals surface area (Å²) < 4.78 is 14.0. The van der Waals surface area contributed by atoms with Gasteiger partial charge in [-0.3, -0.25) is 9.59 Å². The van der Waals surface area contributed by atoms with Crippen LogP contribution in [-0.4, -0.2) is 22.5 Å². The van der Waals surface area contributed by atoms with E-state index in [1.807, 2.05) is 55.4 Å². The van der Waals surface area contributed by atoms with Crippen LogP contribution in [0.3, 0.4) is 0 Å². The van der Waals surface area contributed by atoms with Crippen molar-refractivity contribution >= 4 is 29.3 Å². The Morgan fingerprint density at radius 3 is 1.86 bits per heavy atom. The van der Waals surface area contributed by atoms with E-state index in [-0.39, 0.29) is 16.4 Å². The third-order valence-corrected chi connectivity index (χ3v) is 3.05. The third-order valence-electron chi connectivity index (χ3n) is 2.73.